The average molecular weight is 260 g/mol. The van der Waals surface area contributed by atoms with Crippen LogP contribution in [-0.2, 0) is 10.0 Å². The number of hydrogen-bond acceptors (Lipinski definition) is 3. The maximum Gasteiger partial charge on any atom is 0.253 e. The van der Waals surface area contributed by atoms with E-state index in [2.05, 4.69) is 0 Å². The van der Waals surface area contributed by atoms with Crippen molar-refractivity contribution in [2.75, 3.05) is 13.6 Å². The molecule has 0 aliphatic carbocycles. The smallest absolute Gasteiger partial charge is 0.253 e. The number of rotatable bonds is 3. The second-order valence-corrected chi connectivity index (χ2v) is 5.04. The Morgan fingerprint density at radius 1 is 1.47 bits per heavy atom. The van der Waals surface area contributed by atoms with E-state index < -0.39 is 26.6 Å². The molecular formula is C10H13FN2O3S. The van der Waals surface area contributed by atoms with E-state index in [0.717, 1.165) is 12.1 Å². The molecule has 0 saturated heterocycles. The average Bonchev–Trinajstić information content (AvgIpc) is 2.26. The molecule has 2 N–H and O–H groups in total. The van der Waals surface area contributed by atoms with Crippen LogP contribution in [0.5, 0.6) is 0 Å². The second kappa shape index (κ2) is 4.80. The van der Waals surface area contributed by atoms with Crippen molar-refractivity contribution in [3.8, 4) is 0 Å². The van der Waals surface area contributed by atoms with E-state index in [1.165, 1.54) is 11.0 Å². The molecule has 0 heterocycles. The molecule has 1 rings (SSSR count). The van der Waals surface area contributed by atoms with Gasteiger partial charge in [0.2, 0.25) is 10.0 Å². The van der Waals surface area contributed by atoms with Crippen molar-refractivity contribution in [3.05, 3.63) is 29.6 Å². The molecule has 0 spiro atoms. The Morgan fingerprint density at radius 2 is 2.06 bits per heavy atom. The predicted octanol–water partition coefficient (Wildman–Crippen LogP) is 0.565. The number of halogens is 1. The lowest BCUT2D eigenvalue weighted by molar-refractivity contribution is 0.0802. The molecule has 1 amide bonds. The first-order valence-electron chi connectivity index (χ1n) is 4.85. The van der Waals surface area contributed by atoms with Crippen molar-refractivity contribution >= 4 is 15.9 Å². The Labute approximate surface area is 99.1 Å². The van der Waals surface area contributed by atoms with Gasteiger partial charge >= 0.3 is 0 Å². The number of hydrogen-bond donors (Lipinski definition) is 1. The largest absolute Gasteiger partial charge is 0.342 e. The van der Waals surface area contributed by atoms with Gasteiger partial charge in [-0.2, -0.15) is 0 Å². The number of nitrogens with zero attached hydrogens (tertiary/aromatic N) is 1. The number of carbonyl (C=O) groups excluding carboxylic acids is 1. The molecule has 1 aromatic carbocycles. The van der Waals surface area contributed by atoms with Gasteiger partial charge in [-0.05, 0) is 25.1 Å². The van der Waals surface area contributed by atoms with Crippen LogP contribution >= 0.6 is 0 Å². The normalized spacial score (nSPS) is 11.3. The van der Waals surface area contributed by atoms with Crippen molar-refractivity contribution < 1.29 is 17.6 Å². The fourth-order valence-corrected chi connectivity index (χ4v) is 1.85. The molecule has 0 saturated carbocycles. The van der Waals surface area contributed by atoms with Crippen LogP contribution in [0, 0.1) is 5.82 Å². The van der Waals surface area contributed by atoms with Crippen molar-refractivity contribution in [2.45, 2.75) is 11.8 Å². The standard InChI is InChI=1S/C10H13FN2O3S/c1-3-13(2)10(14)7-4-5-8(11)9(6-7)17(12,15)16/h4-6H,3H2,1-2H3,(H2,12,15,16). The van der Waals surface area contributed by atoms with E-state index >= 15 is 0 Å². The third-order valence-corrected chi connectivity index (χ3v) is 3.23. The zero-order valence-corrected chi connectivity index (χ0v) is 10.3. The molecule has 5 nitrogen and oxygen atoms in total. The quantitative estimate of drug-likeness (QED) is 0.862. The molecular weight excluding hydrogens is 247 g/mol. The van der Waals surface area contributed by atoms with Gasteiger partial charge in [-0.3, -0.25) is 4.79 Å². The summed E-state index contributed by atoms with van der Waals surface area (Å²) in [5, 5.41) is 4.84. The Hall–Kier alpha value is -1.47. The molecule has 0 radical (unpaired) electrons. The highest BCUT2D eigenvalue weighted by molar-refractivity contribution is 7.89. The summed E-state index contributed by atoms with van der Waals surface area (Å²) in [5.74, 6) is -1.36. The van der Waals surface area contributed by atoms with Gasteiger partial charge in [0.05, 0.1) is 0 Å². The third-order valence-electron chi connectivity index (χ3n) is 2.31. The van der Waals surface area contributed by atoms with Gasteiger partial charge in [0, 0.05) is 19.2 Å². The number of sulfonamides is 1. The lowest BCUT2D eigenvalue weighted by Crippen LogP contribution is -2.26. The molecule has 0 aliphatic rings. The molecule has 0 unspecified atom stereocenters. The summed E-state index contributed by atoms with van der Waals surface area (Å²) >= 11 is 0. The highest BCUT2D eigenvalue weighted by atomic mass is 32.2. The van der Waals surface area contributed by atoms with E-state index in [1.54, 1.807) is 14.0 Å². The first-order valence-corrected chi connectivity index (χ1v) is 6.39. The SMILES string of the molecule is CCN(C)C(=O)c1ccc(F)c(S(N)(=O)=O)c1. The summed E-state index contributed by atoms with van der Waals surface area (Å²) in [7, 11) is -2.61. The van der Waals surface area contributed by atoms with E-state index in [9.17, 15) is 17.6 Å². The Balaban J connectivity index is 3.27. The van der Waals surface area contributed by atoms with Gasteiger partial charge in [-0.1, -0.05) is 0 Å². The number of carbonyl (C=O) groups is 1. The maximum atomic E-state index is 13.2. The van der Waals surface area contributed by atoms with Crippen LogP contribution in [0.2, 0.25) is 0 Å². The maximum absolute atomic E-state index is 13.2. The van der Waals surface area contributed by atoms with Gasteiger partial charge < -0.3 is 4.90 Å². The van der Waals surface area contributed by atoms with Gasteiger partial charge in [-0.15, -0.1) is 0 Å². The summed E-state index contributed by atoms with van der Waals surface area (Å²) in [5.41, 5.74) is 0.0831. The lowest BCUT2D eigenvalue weighted by atomic mass is 10.2. The van der Waals surface area contributed by atoms with E-state index in [-0.39, 0.29) is 5.56 Å². The van der Waals surface area contributed by atoms with Gasteiger partial charge in [0.1, 0.15) is 10.7 Å². The highest BCUT2D eigenvalue weighted by Gasteiger charge is 2.18. The van der Waals surface area contributed by atoms with Crippen LogP contribution in [0.3, 0.4) is 0 Å². The zero-order chi connectivity index (χ0) is 13.2. The van der Waals surface area contributed by atoms with Gasteiger partial charge in [0.15, 0.2) is 0 Å². The predicted molar refractivity (Wildman–Crippen MR) is 60.4 cm³/mol. The lowest BCUT2D eigenvalue weighted by Gasteiger charge is -2.14. The van der Waals surface area contributed by atoms with E-state index in [0.29, 0.717) is 6.54 Å². The minimum Gasteiger partial charge on any atom is -0.342 e. The molecule has 1 aromatic rings. The summed E-state index contributed by atoms with van der Waals surface area (Å²) < 4.78 is 35.4. The third kappa shape index (κ3) is 3.01. The van der Waals surface area contributed by atoms with Crippen LogP contribution in [0.1, 0.15) is 17.3 Å². The highest BCUT2D eigenvalue weighted by Crippen LogP contribution is 2.16. The minimum atomic E-state index is -4.17. The Morgan fingerprint density at radius 3 is 2.53 bits per heavy atom. The Bertz CT molecular complexity index is 542. The molecule has 0 fully saturated rings. The molecule has 0 bridgehead atoms. The molecule has 0 aliphatic heterocycles. The first kappa shape index (κ1) is 13.6. The summed E-state index contributed by atoms with van der Waals surface area (Å²) in [6, 6.07) is 3.08. The summed E-state index contributed by atoms with van der Waals surface area (Å²) in [6.45, 7) is 2.23. The van der Waals surface area contributed by atoms with E-state index in [1.807, 2.05) is 0 Å². The second-order valence-electron chi connectivity index (χ2n) is 3.51. The molecule has 0 aromatic heterocycles. The monoisotopic (exact) mass is 260 g/mol. The number of primary sulfonamides is 1. The van der Waals surface area contributed by atoms with Crippen molar-refractivity contribution in [3.63, 3.8) is 0 Å². The number of amides is 1. The van der Waals surface area contributed by atoms with Crippen LogP contribution in [0.4, 0.5) is 4.39 Å². The number of benzene rings is 1. The first-order chi connectivity index (χ1) is 7.77. The van der Waals surface area contributed by atoms with Crippen molar-refractivity contribution in [2.24, 2.45) is 5.14 Å². The minimum absolute atomic E-state index is 0.0831. The molecule has 94 valence electrons. The fraction of sp³-hybridized carbons (Fsp3) is 0.300. The molecule has 0 atom stereocenters. The van der Waals surface area contributed by atoms with Crippen LogP contribution in [0.25, 0.3) is 0 Å². The zero-order valence-electron chi connectivity index (χ0n) is 9.47. The summed E-state index contributed by atoms with van der Waals surface area (Å²) in [6.07, 6.45) is 0. The van der Waals surface area contributed by atoms with Crippen LogP contribution in [-0.4, -0.2) is 32.8 Å². The number of nitrogens with two attached hydrogens (primary N) is 1. The fourth-order valence-electron chi connectivity index (χ4n) is 1.22. The van der Waals surface area contributed by atoms with Gasteiger partial charge in [-0.25, -0.2) is 17.9 Å². The molecule has 7 heteroatoms. The van der Waals surface area contributed by atoms with Crippen molar-refractivity contribution in [1.82, 2.24) is 4.90 Å². The molecule has 17 heavy (non-hydrogen) atoms. The van der Waals surface area contributed by atoms with E-state index in [4.69, 9.17) is 5.14 Å². The van der Waals surface area contributed by atoms with Crippen molar-refractivity contribution in [1.29, 1.82) is 0 Å². The topological polar surface area (TPSA) is 80.5 Å². The van der Waals surface area contributed by atoms with Crippen LogP contribution < -0.4 is 5.14 Å². The Kier molecular flexibility index (Phi) is 3.84. The van der Waals surface area contributed by atoms with Gasteiger partial charge in [0.25, 0.3) is 5.91 Å². The summed E-state index contributed by atoms with van der Waals surface area (Å²) in [4.78, 5) is 12.4. The van der Waals surface area contributed by atoms with Crippen LogP contribution in [0.15, 0.2) is 23.1 Å².